The minimum Gasteiger partial charge on any atom is -0.344 e. The first-order valence-corrected chi connectivity index (χ1v) is 9.74. The van der Waals surface area contributed by atoms with E-state index in [1.165, 1.54) is 36.0 Å². The molecule has 1 atom stereocenters. The van der Waals surface area contributed by atoms with Gasteiger partial charge in [0.1, 0.15) is 11.6 Å². The van der Waals surface area contributed by atoms with Crippen molar-refractivity contribution in [2.24, 2.45) is 0 Å². The number of nitrogens with one attached hydrogen (secondary N) is 1. The third-order valence-corrected chi connectivity index (χ3v) is 5.65. The zero-order valence-electron chi connectivity index (χ0n) is 15.1. The number of amides is 1. The normalized spacial score (nSPS) is 16.2. The van der Waals surface area contributed by atoms with Crippen LogP contribution in [-0.2, 0) is 6.18 Å². The molecular weight excluding hydrogens is 427 g/mol. The van der Waals surface area contributed by atoms with Crippen molar-refractivity contribution in [3.63, 3.8) is 0 Å². The standard InChI is InChI=1S/C19H13F5N4OS/c20-10-2-1-3-12(8-10)28-17(19(22,23)24)16(26-27-28)18(29)25-14-6-7-30-15-5-4-11(21)9-13(14)15/h1-5,8-9,14H,6-7H2,(H,25,29). The van der Waals surface area contributed by atoms with Crippen molar-refractivity contribution in [3.8, 4) is 5.69 Å². The Balaban J connectivity index is 1.70. The van der Waals surface area contributed by atoms with Crippen LogP contribution in [0.25, 0.3) is 5.69 Å². The highest BCUT2D eigenvalue weighted by Crippen LogP contribution is 2.37. The molecule has 1 amide bonds. The predicted octanol–water partition coefficient (Wildman–Crippen LogP) is 4.53. The highest BCUT2D eigenvalue weighted by Gasteiger charge is 2.42. The molecule has 2 aromatic carbocycles. The molecular formula is C19H13F5N4OS. The molecule has 11 heteroatoms. The van der Waals surface area contributed by atoms with Gasteiger partial charge in [-0.25, -0.2) is 13.5 Å². The van der Waals surface area contributed by atoms with Crippen LogP contribution in [0.15, 0.2) is 47.4 Å². The molecule has 1 aromatic heterocycles. The number of carbonyl (C=O) groups is 1. The quantitative estimate of drug-likeness (QED) is 0.608. The van der Waals surface area contributed by atoms with Crippen molar-refractivity contribution >= 4 is 17.7 Å². The molecule has 0 bridgehead atoms. The molecule has 1 N–H and O–H groups in total. The third kappa shape index (κ3) is 3.89. The summed E-state index contributed by atoms with van der Waals surface area (Å²) in [5.74, 6) is -1.77. The topological polar surface area (TPSA) is 59.8 Å². The summed E-state index contributed by atoms with van der Waals surface area (Å²) in [6.45, 7) is 0. The first kappa shape index (κ1) is 20.3. The second-order valence-corrected chi connectivity index (χ2v) is 7.66. The Morgan fingerprint density at radius 2 is 1.90 bits per heavy atom. The number of aromatic nitrogens is 3. The summed E-state index contributed by atoms with van der Waals surface area (Å²) in [6.07, 6.45) is -4.57. The summed E-state index contributed by atoms with van der Waals surface area (Å²) in [7, 11) is 0. The van der Waals surface area contributed by atoms with Crippen molar-refractivity contribution in [2.75, 3.05) is 5.75 Å². The lowest BCUT2D eigenvalue weighted by Crippen LogP contribution is -2.32. The van der Waals surface area contributed by atoms with Gasteiger partial charge in [-0.3, -0.25) is 4.79 Å². The lowest BCUT2D eigenvalue weighted by molar-refractivity contribution is -0.143. The predicted molar refractivity (Wildman–Crippen MR) is 98.3 cm³/mol. The second kappa shape index (κ2) is 7.71. The molecule has 1 unspecified atom stereocenters. The zero-order chi connectivity index (χ0) is 21.5. The molecule has 0 saturated carbocycles. The first-order chi connectivity index (χ1) is 14.2. The lowest BCUT2D eigenvalue weighted by Gasteiger charge is -2.25. The van der Waals surface area contributed by atoms with Gasteiger partial charge in [0.25, 0.3) is 5.91 Å². The van der Waals surface area contributed by atoms with Gasteiger partial charge in [0, 0.05) is 10.6 Å². The zero-order valence-corrected chi connectivity index (χ0v) is 15.9. The van der Waals surface area contributed by atoms with Gasteiger partial charge in [0.15, 0.2) is 11.4 Å². The van der Waals surface area contributed by atoms with Gasteiger partial charge < -0.3 is 5.32 Å². The summed E-state index contributed by atoms with van der Waals surface area (Å²) in [6, 6.07) is 7.77. The van der Waals surface area contributed by atoms with Gasteiger partial charge in [-0.05, 0) is 48.4 Å². The number of thioether (sulfide) groups is 1. The van der Waals surface area contributed by atoms with E-state index in [0.29, 0.717) is 22.4 Å². The van der Waals surface area contributed by atoms with Gasteiger partial charge in [-0.2, -0.15) is 13.2 Å². The molecule has 0 saturated heterocycles. The first-order valence-electron chi connectivity index (χ1n) is 8.76. The maximum absolute atomic E-state index is 13.7. The van der Waals surface area contributed by atoms with Crippen LogP contribution < -0.4 is 5.32 Å². The van der Waals surface area contributed by atoms with Crippen molar-refractivity contribution in [1.82, 2.24) is 20.3 Å². The number of fused-ring (bicyclic) bond motifs is 1. The highest BCUT2D eigenvalue weighted by atomic mass is 32.2. The average Bonchev–Trinajstić information content (AvgIpc) is 3.14. The number of rotatable bonds is 3. The molecule has 1 aliphatic heterocycles. The molecule has 0 fully saturated rings. The van der Waals surface area contributed by atoms with Crippen molar-refractivity contribution in [2.45, 2.75) is 23.5 Å². The summed E-state index contributed by atoms with van der Waals surface area (Å²) >= 11 is 1.47. The summed E-state index contributed by atoms with van der Waals surface area (Å²) in [5, 5.41) is 9.33. The van der Waals surface area contributed by atoms with Gasteiger partial charge in [-0.15, -0.1) is 16.9 Å². The molecule has 0 spiro atoms. The Kier molecular flexibility index (Phi) is 5.22. The number of hydrogen-bond acceptors (Lipinski definition) is 4. The van der Waals surface area contributed by atoms with Crippen LogP contribution in [0.2, 0.25) is 0 Å². The van der Waals surface area contributed by atoms with Crippen molar-refractivity contribution < 1.29 is 26.7 Å². The molecule has 156 valence electrons. The van der Waals surface area contributed by atoms with Crippen LogP contribution in [0, 0.1) is 11.6 Å². The van der Waals surface area contributed by atoms with E-state index in [4.69, 9.17) is 0 Å². The van der Waals surface area contributed by atoms with Crippen LogP contribution in [-0.4, -0.2) is 26.7 Å². The fraction of sp³-hybridized carbons (Fsp3) is 0.211. The third-order valence-electron chi connectivity index (χ3n) is 4.52. The Morgan fingerprint density at radius 1 is 1.13 bits per heavy atom. The summed E-state index contributed by atoms with van der Waals surface area (Å²) in [4.78, 5) is 13.4. The maximum Gasteiger partial charge on any atom is 0.435 e. The van der Waals surface area contributed by atoms with E-state index >= 15 is 0 Å². The number of carbonyl (C=O) groups excluding carboxylic acids is 1. The molecule has 2 heterocycles. The van der Waals surface area contributed by atoms with Gasteiger partial charge in [0.2, 0.25) is 0 Å². The number of halogens is 5. The number of hydrogen-bond donors (Lipinski definition) is 1. The number of alkyl halides is 3. The Labute approximate surface area is 171 Å². The Morgan fingerprint density at radius 3 is 2.63 bits per heavy atom. The Bertz CT molecular complexity index is 1110. The van der Waals surface area contributed by atoms with E-state index in [9.17, 15) is 26.7 Å². The fourth-order valence-electron chi connectivity index (χ4n) is 3.22. The minimum absolute atomic E-state index is 0.227. The van der Waals surface area contributed by atoms with Crippen LogP contribution in [0.4, 0.5) is 22.0 Å². The molecule has 5 nitrogen and oxygen atoms in total. The minimum atomic E-state index is -4.98. The van der Waals surface area contributed by atoms with Crippen LogP contribution in [0.1, 0.15) is 34.2 Å². The molecule has 0 radical (unpaired) electrons. The monoisotopic (exact) mass is 440 g/mol. The van der Waals surface area contributed by atoms with Crippen LogP contribution >= 0.6 is 11.8 Å². The van der Waals surface area contributed by atoms with E-state index in [0.717, 1.165) is 17.0 Å². The summed E-state index contributed by atoms with van der Waals surface area (Å²) in [5.41, 5.74) is -2.10. The van der Waals surface area contributed by atoms with Crippen LogP contribution in [0.5, 0.6) is 0 Å². The second-order valence-electron chi connectivity index (χ2n) is 6.52. The largest absolute Gasteiger partial charge is 0.435 e. The molecule has 30 heavy (non-hydrogen) atoms. The van der Waals surface area contributed by atoms with E-state index in [-0.39, 0.29) is 5.69 Å². The lowest BCUT2D eigenvalue weighted by atomic mass is 10.0. The van der Waals surface area contributed by atoms with E-state index in [1.807, 2.05) is 0 Å². The van der Waals surface area contributed by atoms with E-state index in [1.54, 1.807) is 6.07 Å². The van der Waals surface area contributed by atoms with Crippen molar-refractivity contribution in [3.05, 3.63) is 71.1 Å². The van der Waals surface area contributed by atoms with Crippen LogP contribution in [0.3, 0.4) is 0 Å². The molecule has 3 aromatic rings. The Hall–Kier alpha value is -2.95. The van der Waals surface area contributed by atoms with Gasteiger partial charge >= 0.3 is 6.18 Å². The van der Waals surface area contributed by atoms with Crippen molar-refractivity contribution in [1.29, 1.82) is 0 Å². The smallest absolute Gasteiger partial charge is 0.344 e. The number of benzene rings is 2. The SMILES string of the molecule is O=C(NC1CCSc2ccc(F)cc21)c1nnn(-c2cccc(F)c2)c1C(F)(F)F. The summed E-state index contributed by atoms with van der Waals surface area (Å²) < 4.78 is 68.7. The van der Waals surface area contributed by atoms with Gasteiger partial charge in [-0.1, -0.05) is 11.3 Å². The van der Waals surface area contributed by atoms with E-state index < -0.39 is 41.1 Å². The fourth-order valence-corrected chi connectivity index (χ4v) is 4.33. The average molecular weight is 440 g/mol. The highest BCUT2D eigenvalue weighted by molar-refractivity contribution is 7.99. The van der Waals surface area contributed by atoms with Gasteiger partial charge in [0.05, 0.1) is 11.7 Å². The molecule has 1 aliphatic rings. The number of nitrogens with zero attached hydrogens (tertiary/aromatic N) is 3. The molecule has 4 rings (SSSR count). The maximum atomic E-state index is 13.7. The van der Waals surface area contributed by atoms with E-state index in [2.05, 4.69) is 15.6 Å². The molecule has 0 aliphatic carbocycles.